The normalized spacial score (nSPS) is 45.1. The third-order valence-electron chi connectivity index (χ3n) is 9.84. The van der Waals surface area contributed by atoms with Crippen molar-refractivity contribution in [2.75, 3.05) is 20.8 Å². The highest BCUT2D eigenvalue weighted by Crippen LogP contribution is 2.71. The predicted molar refractivity (Wildman–Crippen MR) is 121 cm³/mol. The molecule has 3 fully saturated rings. The molecule has 2 N–H and O–H groups in total. The molecule has 35 heavy (non-hydrogen) atoms. The Morgan fingerprint density at radius 2 is 1.86 bits per heavy atom. The first-order chi connectivity index (χ1) is 16.4. The molecular formula is C26H34O9. The largest absolute Gasteiger partial charge is 0.495 e. The number of esters is 1. The summed E-state index contributed by atoms with van der Waals surface area (Å²) in [6, 6.07) is 0. The number of benzene rings is 1. The van der Waals surface area contributed by atoms with Gasteiger partial charge >= 0.3 is 5.97 Å². The third kappa shape index (κ3) is 2.49. The molecule has 1 spiro atoms. The molecular weight excluding hydrogens is 456 g/mol. The predicted octanol–water partition coefficient (Wildman–Crippen LogP) is 2.39. The van der Waals surface area contributed by atoms with Gasteiger partial charge in [0.05, 0.1) is 19.8 Å². The molecule has 2 saturated heterocycles. The molecule has 0 amide bonds. The highest BCUT2D eigenvalue weighted by Gasteiger charge is 2.81. The molecule has 2 bridgehead atoms. The number of aliphatic hydroxyl groups excluding tert-OH is 2. The average Bonchev–Trinajstić information content (AvgIpc) is 3.32. The second kappa shape index (κ2) is 6.89. The summed E-state index contributed by atoms with van der Waals surface area (Å²) in [6.07, 6.45) is 0.911. The Bertz CT molecular complexity index is 1130. The summed E-state index contributed by atoms with van der Waals surface area (Å²) in [4.78, 5) is 12.6. The maximum atomic E-state index is 12.6. The van der Waals surface area contributed by atoms with Gasteiger partial charge in [0.15, 0.2) is 0 Å². The van der Waals surface area contributed by atoms with Gasteiger partial charge in [0.1, 0.15) is 40.5 Å². The van der Waals surface area contributed by atoms with Gasteiger partial charge in [0.2, 0.25) is 0 Å². The van der Waals surface area contributed by atoms with E-state index in [1.54, 1.807) is 14.0 Å². The minimum atomic E-state index is -1.32. The van der Waals surface area contributed by atoms with E-state index in [4.69, 9.17) is 28.4 Å². The van der Waals surface area contributed by atoms with Gasteiger partial charge in [-0.15, -0.1) is 0 Å². The number of cyclic esters (lactones) is 1. The van der Waals surface area contributed by atoms with Crippen LogP contribution in [0, 0.1) is 18.3 Å². The number of carbonyl (C=O) groups is 1. The lowest BCUT2D eigenvalue weighted by molar-refractivity contribution is -0.392. The first kappa shape index (κ1) is 23.5. The summed E-state index contributed by atoms with van der Waals surface area (Å²) in [7, 11) is 3.08. The first-order valence-electron chi connectivity index (χ1n) is 12.3. The van der Waals surface area contributed by atoms with Crippen molar-refractivity contribution in [3.05, 3.63) is 22.3 Å². The SMILES string of the molecule is COc1c2c(c(C)c3c1C(=O)OC3)O[C@]1(C)C[C@H](O)[C@]34O[C@](OC)(CC[C@]3(C)C1C2)O[C@@]4(C)CO. The zero-order valence-electron chi connectivity index (χ0n) is 21.1. The standard InChI is InChI=1S/C26H34O9/c1-13-15-11-32-21(29)18(15)20(30-5)14-9-16-22(2)7-8-25(31-6)34-24(4,12-27)26(22,35-25)17(28)10-23(16,3)33-19(13)14/h16-17,27-28H,7-12H2,1-6H3/t16?,17-,22+,23+,24-,25-,26-/m0/s1. The Balaban J connectivity index is 1.56. The van der Waals surface area contributed by atoms with Crippen LogP contribution in [0.25, 0.3) is 0 Å². The van der Waals surface area contributed by atoms with E-state index < -0.39 is 34.3 Å². The van der Waals surface area contributed by atoms with Crippen molar-refractivity contribution in [3.8, 4) is 11.5 Å². The Morgan fingerprint density at radius 3 is 2.51 bits per heavy atom. The van der Waals surface area contributed by atoms with E-state index in [-0.39, 0.29) is 31.5 Å². The van der Waals surface area contributed by atoms with E-state index >= 15 is 0 Å². The van der Waals surface area contributed by atoms with E-state index in [0.717, 1.165) is 16.7 Å². The van der Waals surface area contributed by atoms with Gasteiger partial charge in [-0.2, -0.15) is 0 Å². The van der Waals surface area contributed by atoms with Crippen LogP contribution in [0.15, 0.2) is 0 Å². The monoisotopic (exact) mass is 490 g/mol. The van der Waals surface area contributed by atoms with Gasteiger partial charge in [0, 0.05) is 42.4 Å². The minimum absolute atomic E-state index is 0.142. The number of hydrogen-bond donors (Lipinski definition) is 2. The average molecular weight is 491 g/mol. The van der Waals surface area contributed by atoms with Gasteiger partial charge < -0.3 is 38.6 Å². The maximum absolute atomic E-state index is 12.6. The molecule has 1 aromatic carbocycles. The van der Waals surface area contributed by atoms with Crippen LogP contribution in [-0.4, -0.2) is 65.9 Å². The van der Waals surface area contributed by atoms with Crippen molar-refractivity contribution in [3.63, 3.8) is 0 Å². The van der Waals surface area contributed by atoms with E-state index in [1.807, 2.05) is 13.8 Å². The summed E-state index contributed by atoms with van der Waals surface area (Å²) in [5, 5.41) is 22.3. The zero-order valence-corrected chi connectivity index (χ0v) is 21.1. The van der Waals surface area contributed by atoms with Gasteiger partial charge in [-0.25, -0.2) is 4.79 Å². The van der Waals surface area contributed by atoms with Crippen LogP contribution in [0.4, 0.5) is 0 Å². The number of ether oxygens (including phenoxy) is 6. The van der Waals surface area contributed by atoms with Crippen LogP contribution in [0.5, 0.6) is 11.5 Å². The summed E-state index contributed by atoms with van der Waals surface area (Å²) in [5.41, 5.74) is -0.872. The molecule has 1 aromatic rings. The van der Waals surface area contributed by atoms with Crippen molar-refractivity contribution in [2.24, 2.45) is 11.3 Å². The topological polar surface area (TPSA) is 113 Å². The Hall–Kier alpha value is -1.91. The fourth-order valence-corrected chi connectivity index (χ4v) is 8.22. The van der Waals surface area contributed by atoms with Crippen molar-refractivity contribution in [1.29, 1.82) is 0 Å². The summed E-state index contributed by atoms with van der Waals surface area (Å²) in [6.45, 7) is 7.70. The van der Waals surface area contributed by atoms with E-state index in [1.165, 1.54) is 7.11 Å². The number of rotatable bonds is 3. The second-order valence-electron chi connectivity index (χ2n) is 11.4. The molecule has 4 aliphatic heterocycles. The van der Waals surface area contributed by atoms with Crippen molar-refractivity contribution >= 4 is 5.97 Å². The smallest absolute Gasteiger partial charge is 0.342 e. The second-order valence-corrected chi connectivity index (χ2v) is 11.4. The van der Waals surface area contributed by atoms with Gasteiger partial charge in [-0.05, 0) is 39.2 Å². The van der Waals surface area contributed by atoms with Crippen molar-refractivity contribution in [2.45, 2.75) is 88.9 Å². The lowest BCUT2D eigenvalue weighted by Crippen LogP contribution is -2.78. The highest BCUT2D eigenvalue weighted by atomic mass is 16.9. The number of methoxy groups -OCH3 is 2. The van der Waals surface area contributed by atoms with Crippen molar-refractivity contribution < 1.29 is 43.4 Å². The number of fused-ring (bicyclic) bond motifs is 5. The third-order valence-corrected chi connectivity index (χ3v) is 9.84. The fraction of sp³-hybridized carbons (Fsp3) is 0.731. The van der Waals surface area contributed by atoms with Crippen LogP contribution in [-0.2, 0) is 32.0 Å². The van der Waals surface area contributed by atoms with E-state index in [0.29, 0.717) is 36.3 Å². The molecule has 7 atom stereocenters. The quantitative estimate of drug-likeness (QED) is 0.617. The van der Waals surface area contributed by atoms with Crippen molar-refractivity contribution in [1.82, 2.24) is 0 Å². The van der Waals surface area contributed by atoms with Crippen LogP contribution >= 0.6 is 0 Å². The van der Waals surface area contributed by atoms with Gasteiger partial charge in [0.25, 0.3) is 5.97 Å². The molecule has 0 radical (unpaired) electrons. The van der Waals surface area contributed by atoms with E-state index in [2.05, 4.69) is 6.92 Å². The summed E-state index contributed by atoms with van der Waals surface area (Å²) >= 11 is 0. The number of aliphatic hydroxyl groups is 2. The molecule has 0 aromatic heterocycles. The van der Waals surface area contributed by atoms with Crippen LogP contribution in [0.1, 0.15) is 67.1 Å². The first-order valence-corrected chi connectivity index (χ1v) is 12.3. The van der Waals surface area contributed by atoms with Gasteiger partial charge in [-0.3, -0.25) is 0 Å². The summed E-state index contributed by atoms with van der Waals surface area (Å²) in [5.74, 6) is -0.667. The number of hydrogen-bond acceptors (Lipinski definition) is 9. The van der Waals surface area contributed by atoms with Crippen LogP contribution < -0.4 is 9.47 Å². The molecule has 1 saturated carbocycles. The summed E-state index contributed by atoms with van der Waals surface area (Å²) < 4.78 is 36.5. The van der Waals surface area contributed by atoms with Crippen LogP contribution in [0.3, 0.4) is 0 Å². The lowest BCUT2D eigenvalue weighted by Gasteiger charge is -2.66. The Morgan fingerprint density at radius 1 is 1.11 bits per heavy atom. The molecule has 9 nitrogen and oxygen atoms in total. The molecule has 192 valence electrons. The number of carbonyl (C=O) groups excluding carboxylic acids is 1. The Labute approximate surface area is 204 Å². The Kier molecular flexibility index (Phi) is 4.62. The zero-order chi connectivity index (χ0) is 25.2. The molecule has 1 aliphatic carbocycles. The lowest BCUT2D eigenvalue weighted by atomic mass is 9.45. The molecule has 4 heterocycles. The highest BCUT2D eigenvalue weighted by molar-refractivity contribution is 5.98. The molecule has 5 aliphatic rings. The molecule has 1 unspecified atom stereocenters. The maximum Gasteiger partial charge on any atom is 0.342 e. The fourth-order valence-electron chi connectivity index (χ4n) is 8.22. The van der Waals surface area contributed by atoms with Crippen LogP contribution in [0.2, 0.25) is 0 Å². The van der Waals surface area contributed by atoms with E-state index in [9.17, 15) is 15.0 Å². The minimum Gasteiger partial charge on any atom is -0.495 e. The molecule has 6 rings (SSSR count). The van der Waals surface area contributed by atoms with Gasteiger partial charge in [-0.1, -0.05) is 6.92 Å². The molecule has 9 heteroatoms.